The van der Waals surface area contributed by atoms with Crippen LogP contribution < -0.4 is 0 Å². The Kier molecular flexibility index (Phi) is 2.97. The number of hydrogen-bond acceptors (Lipinski definition) is 0. The van der Waals surface area contributed by atoms with Crippen LogP contribution in [0.4, 0.5) is 0 Å². The molecular weight excluding hydrogens is 148 g/mol. The standard InChI is InChI=1S/C10H16Si/c1-7-11(5,6)9-8-10(2,3)4/h1H,2-6H3. The third-order valence-corrected chi connectivity index (χ3v) is 2.58. The Hall–Kier alpha value is -0.663. The summed E-state index contributed by atoms with van der Waals surface area (Å²) in [6.45, 7) is 10.5. The van der Waals surface area contributed by atoms with Gasteiger partial charge in [-0.25, -0.2) is 0 Å². The van der Waals surface area contributed by atoms with Gasteiger partial charge in [-0.15, -0.1) is 23.4 Å². The largest absolute Gasteiger partial charge is 0.210 e. The van der Waals surface area contributed by atoms with Gasteiger partial charge in [-0.3, -0.25) is 0 Å². The minimum atomic E-state index is -1.62. The molecule has 0 amide bonds. The summed E-state index contributed by atoms with van der Waals surface area (Å²) in [6.07, 6.45) is 5.34. The summed E-state index contributed by atoms with van der Waals surface area (Å²) in [6, 6.07) is 0. The third-order valence-electron chi connectivity index (χ3n) is 1.11. The van der Waals surface area contributed by atoms with E-state index in [-0.39, 0.29) is 5.41 Å². The predicted octanol–water partition coefficient (Wildman–Crippen LogP) is 2.46. The van der Waals surface area contributed by atoms with Crippen molar-refractivity contribution < 1.29 is 0 Å². The minimum Gasteiger partial charge on any atom is -0.126 e. The van der Waals surface area contributed by atoms with Crippen molar-refractivity contribution in [3.05, 3.63) is 0 Å². The van der Waals surface area contributed by atoms with E-state index < -0.39 is 8.07 Å². The summed E-state index contributed by atoms with van der Waals surface area (Å²) in [5.41, 5.74) is 6.06. The number of rotatable bonds is 0. The van der Waals surface area contributed by atoms with Gasteiger partial charge < -0.3 is 0 Å². The van der Waals surface area contributed by atoms with Crippen LogP contribution in [0.2, 0.25) is 13.1 Å². The van der Waals surface area contributed by atoms with E-state index >= 15 is 0 Å². The van der Waals surface area contributed by atoms with Crippen LogP contribution in [0.3, 0.4) is 0 Å². The zero-order valence-electron chi connectivity index (χ0n) is 8.08. The van der Waals surface area contributed by atoms with Crippen molar-refractivity contribution in [3.8, 4) is 23.4 Å². The molecule has 0 heterocycles. The maximum atomic E-state index is 5.34. The molecule has 0 radical (unpaired) electrons. The van der Waals surface area contributed by atoms with Crippen LogP contribution in [-0.2, 0) is 0 Å². The van der Waals surface area contributed by atoms with Crippen LogP contribution in [0.5, 0.6) is 0 Å². The first kappa shape index (κ1) is 10.3. The summed E-state index contributed by atoms with van der Waals surface area (Å²) in [4.78, 5) is 0. The molecule has 0 spiro atoms. The zero-order valence-corrected chi connectivity index (χ0v) is 9.08. The van der Waals surface area contributed by atoms with Crippen molar-refractivity contribution in [1.29, 1.82) is 0 Å². The normalized spacial score (nSPS) is 11.3. The molecule has 0 aliphatic carbocycles. The van der Waals surface area contributed by atoms with Gasteiger partial charge in [-0.05, 0) is 33.9 Å². The predicted molar refractivity (Wildman–Crippen MR) is 53.5 cm³/mol. The van der Waals surface area contributed by atoms with Gasteiger partial charge >= 0.3 is 0 Å². The van der Waals surface area contributed by atoms with Crippen LogP contribution >= 0.6 is 0 Å². The molecule has 0 aliphatic heterocycles. The maximum Gasteiger partial charge on any atom is 0.210 e. The average Bonchev–Trinajstić information content (AvgIpc) is 1.83. The molecule has 0 aromatic rings. The summed E-state index contributed by atoms with van der Waals surface area (Å²) < 4.78 is 0. The van der Waals surface area contributed by atoms with Crippen molar-refractivity contribution in [1.82, 2.24) is 0 Å². The van der Waals surface area contributed by atoms with Gasteiger partial charge in [0.2, 0.25) is 8.07 Å². The second-order valence-electron chi connectivity index (χ2n) is 4.27. The summed E-state index contributed by atoms with van der Waals surface area (Å²) >= 11 is 0. The highest BCUT2D eigenvalue weighted by atomic mass is 28.3. The Labute approximate surface area is 71.4 Å². The van der Waals surface area contributed by atoms with Gasteiger partial charge in [0.25, 0.3) is 0 Å². The van der Waals surface area contributed by atoms with Crippen molar-refractivity contribution in [2.24, 2.45) is 5.41 Å². The van der Waals surface area contributed by atoms with Gasteiger partial charge in [0.05, 0.1) is 0 Å². The molecule has 0 fully saturated rings. The molecule has 1 heteroatoms. The first-order valence-corrected chi connectivity index (χ1v) is 6.79. The van der Waals surface area contributed by atoms with Crippen molar-refractivity contribution >= 4 is 8.07 Å². The smallest absolute Gasteiger partial charge is 0.126 e. The lowest BCUT2D eigenvalue weighted by atomic mass is 9.99. The first-order valence-electron chi connectivity index (χ1n) is 3.79. The summed E-state index contributed by atoms with van der Waals surface area (Å²) in [5, 5.41) is 0. The number of terminal acetylenes is 1. The third kappa shape index (κ3) is 5.77. The lowest BCUT2D eigenvalue weighted by Gasteiger charge is -2.10. The number of hydrogen-bond donors (Lipinski definition) is 0. The van der Waals surface area contributed by atoms with E-state index in [0.29, 0.717) is 0 Å². The molecule has 0 aromatic carbocycles. The lowest BCUT2D eigenvalue weighted by molar-refractivity contribution is 0.571. The van der Waals surface area contributed by atoms with Gasteiger partial charge in [0.15, 0.2) is 0 Å². The van der Waals surface area contributed by atoms with E-state index in [9.17, 15) is 0 Å². The molecule has 60 valence electrons. The fourth-order valence-electron chi connectivity index (χ4n) is 0.380. The highest BCUT2D eigenvalue weighted by molar-refractivity contribution is 6.92. The molecule has 11 heavy (non-hydrogen) atoms. The Morgan fingerprint density at radius 1 is 1.18 bits per heavy atom. The monoisotopic (exact) mass is 164 g/mol. The summed E-state index contributed by atoms with van der Waals surface area (Å²) in [7, 11) is -1.62. The minimum absolute atomic E-state index is 0.0844. The summed E-state index contributed by atoms with van der Waals surface area (Å²) in [5.74, 6) is 3.18. The van der Waals surface area contributed by atoms with E-state index in [1.54, 1.807) is 0 Å². The van der Waals surface area contributed by atoms with Crippen molar-refractivity contribution in [2.75, 3.05) is 0 Å². The van der Waals surface area contributed by atoms with Gasteiger partial charge in [0.1, 0.15) is 0 Å². The highest BCUT2D eigenvalue weighted by Crippen LogP contribution is 2.11. The van der Waals surface area contributed by atoms with Crippen LogP contribution in [0.1, 0.15) is 20.8 Å². The SMILES string of the molecule is C#C[Si](C)(C)C#CC(C)(C)C. The molecule has 0 rings (SSSR count). The lowest BCUT2D eigenvalue weighted by Crippen LogP contribution is -2.21. The Balaban J connectivity index is 4.46. The van der Waals surface area contributed by atoms with Crippen LogP contribution in [0.25, 0.3) is 0 Å². The van der Waals surface area contributed by atoms with Gasteiger partial charge in [-0.1, -0.05) is 0 Å². The van der Waals surface area contributed by atoms with Gasteiger partial charge in [0, 0.05) is 5.41 Å². The van der Waals surface area contributed by atoms with Gasteiger partial charge in [-0.2, -0.15) is 0 Å². The first-order chi connectivity index (χ1) is 4.77. The Morgan fingerprint density at radius 2 is 1.64 bits per heavy atom. The molecule has 0 N–H and O–H groups in total. The van der Waals surface area contributed by atoms with E-state index in [2.05, 4.69) is 50.9 Å². The van der Waals surface area contributed by atoms with E-state index in [4.69, 9.17) is 6.42 Å². The van der Waals surface area contributed by atoms with Crippen LogP contribution in [0, 0.1) is 28.8 Å². The quantitative estimate of drug-likeness (QED) is 0.381. The second-order valence-corrected chi connectivity index (χ2v) is 8.06. The molecule has 0 nitrogen and oxygen atoms in total. The van der Waals surface area contributed by atoms with Crippen LogP contribution in [-0.4, -0.2) is 8.07 Å². The molecule has 0 aromatic heterocycles. The Bertz CT molecular complexity index is 224. The fourth-order valence-corrected chi connectivity index (χ4v) is 1.14. The zero-order chi connectivity index (χ0) is 9.12. The van der Waals surface area contributed by atoms with Crippen LogP contribution in [0.15, 0.2) is 0 Å². The Morgan fingerprint density at radius 3 is 1.91 bits per heavy atom. The fraction of sp³-hybridized carbons (Fsp3) is 0.600. The molecule has 0 saturated heterocycles. The van der Waals surface area contributed by atoms with Crippen molar-refractivity contribution in [3.63, 3.8) is 0 Å². The van der Waals surface area contributed by atoms with E-state index in [1.807, 2.05) is 0 Å². The molecule has 0 bridgehead atoms. The molecule has 0 aliphatic rings. The molecular formula is C10H16Si. The highest BCUT2D eigenvalue weighted by Gasteiger charge is 2.14. The van der Waals surface area contributed by atoms with E-state index in [0.717, 1.165) is 0 Å². The second kappa shape index (κ2) is 3.16. The van der Waals surface area contributed by atoms with E-state index in [1.165, 1.54) is 0 Å². The molecule has 0 unspecified atom stereocenters. The van der Waals surface area contributed by atoms with Crippen molar-refractivity contribution in [2.45, 2.75) is 33.9 Å². The molecule has 0 atom stereocenters. The molecule has 0 saturated carbocycles. The topological polar surface area (TPSA) is 0 Å². The average molecular weight is 164 g/mol. The maximum absolute atomic E-state index is 5.34.